The number of benzene rings is 2. The lowest BCUT2D eigenvalue weighted by Crippen LogP contribution is -2.05. The average Bonchev–Trinajstić information content (AvgIpc) is 2.49. The molecule has 0 saturated heterocycles. The van der Waals surface area contributed by atoms with Crippen molar-refractivity contribution >= 4 is 20.9 Å². The molecule has 0 atom stereocenters. The van der Waals surface area contributed by atoms with E-state index in [-0.39, 0.29) is 5.75 Å². The highest BCUT2D eigenvalue weighted by molar-refractivity contribution is 7.85. The van der Waals surface area contributed by atoms with Crippen LogP contribution in [0.3, 0.4) is 0 Å². The Morgan fingerprint density at radius 3 is 1.67 bits per heavy atom. The minimum absolute atomic E-state index is 0.221. The first-order valence-corrected chi connectivity index (χ1v) is 8.09. The van der Waals surface area contributed by atoms with E-state index in [1.165, 1.54) is 24.9 Å². The zero-order valence-electron chi connectivity index (χ0n) is 12.4. The summed E-state index contributed by atoms with van der Waals surface area (Å²) in [5.74, 6) is -0.221. The minimum atomic E-state index is -3.78. The van der Waals surface area contributed by atoms with E-state index in [4.69, 9.17) is 4.55 Å². The van der Waals surface area contributed by atoms with Gasteiger partial charge in [0.25, 0.3) is 10.1 Å². The van der Waals surface area contributed by atoms with E-state index in [1.807, 2.05) is 0 Å². The van der Waals surface area contributed by atoms with Gasteiger partial charge in [0.05, 0.1) is 5.75 Å². The van der Waals surface area contributed by atoms with Gasteiger partial charge in [-0.1, -0.05) is 48.5 Å². The van der Waals surface area contributed by atoms with Crippen LogP contribution in [-0.2, 0) is 14.9 Å². The molecule has 0 fully saturated rings. The van der Waals surface area contributed by atoms with Crippen LogP contribution >= 0.6 is 0 Å². The van der Waals surface area contributed by atoms with Gasteiger partial charge in [-0.05, 0) is 24.2 Å². The maximum atomic E-state index is 10.0. The second-order valence-corrected chi connectivity index (χ2v) is 5.55. The molecule has 0 amide bonds. The van der Waals surface area contributed by atoms with Gasteiger partial charge < -0.3 is 10.5 Å². The van der Waals surface area contributed by atoms with E-state index in [0.29, 0.717) is 13.0 Å². The van der Waals surface area contributed by atoms with Gasteiger partial charge in [-0.2, -0.15) is 8.42 Å². The maximum absolute atomic E-state index is 10.0. The normalized spacial score (nSPS) is 10.1. The molecular formula is C15H23NO4S. The predicted octanol–water partition coefficient (Wildman–Crippen LogP) is 2.33. The molecule has 5 nitrogen and oxygen atoms in total. The van der Waals surface area contributed by atoms with Gasteiger partial charge >= 0.3 is 0 Å². The van der Waals surface area contributed by atoms with Crippen molar-refractivity contribution in [2.24, 2.45) is 5.73 Å². The van der Waals surface area contributed by atoms with Gasteiger partial charge in [0, 0.05) is 13.7 Å². The van der Waals surface area contributed by atoms with Gasteiger partial charge in [0.15, 0.2) is 0 Å². The molecule has 3 N–H and O–H groups in total. The van der Waals surface area contributed by atoms with Crippen LogP contribution < -0.4 is 5.73 Å². The first-order chi connectivity index (χ1) is 10.0. The van der Waals surface area contributed by atoms with E-state index in [9.17, 15) is 8.42 Å². The second kappa shape index (κ2) is 11.2. The molecule has 0 unspecified atom stereocenters. The molecule has 0 aliphatic carbocycles. The third-order valence-electron chi connectivity index (χ3n) is 2.41. The summed E-state index contributed by atoms with van der Waals surface area (Å²) in [4.78, 5) is 0. The molecule has 2 aromatic carbocycles. The number of hydrogen-bond acceptors (Lipinski definition) is 4. The third-order valence-corrected chi connectivity index (χ3v) is 3.21. The molecule has 0 spiro atoms. The summed E-state index contributed by atoms with van der Waals surface area (Å²) in [6.45, 7) is 0.361. The Bertz CT molecular complexity index is 534. The lowest BCUT2D eigenvalue weighted by molar-refractivity contribution is 0.199. The van der Waals surface area contributed by atoms with Crippen molar-refractivity contribution in [3.63, 3.8) is 0 Å². The monoisotopic (exact) mass is 313 g/mol. The van der Waals surface area contributed by atoms with Crippen LogP contribution in [0.15, 0.2) is 48.5 Å². The summed E-state index contributed by atoms with van der Waals surface area (Å²) >= 11 is 0. The van der Waals surface area contributed by atoms with Crippen molar-refractivity contribution in [3.8, 4) is 0 Å². The summed E-state index contributed by atoms with van der Waals surface area (Å²) in [7, 11) is -0.800. The molecule has 0 saturated carbocycles. The van der Waals surface area contributed by atoms with E-state index in [2.05, 4.69) is 59.0 Å². The Labute approximate surface area is 126 Å². The minimum Gasteiger partial charge on any atom is -0.385 e. The van der Waals surface area contributed by atoms with Crippen molar-refractivity contribution in [2.45, 2.75) is 6.42 Å². The van der Waals surface area contributed by atoms with Crippen LogP contribution in [0.4, 0.5) is 0 Å². The smallest absolute Gasteiger partial charge is 0.264 e. The molecule has 0 aromatic heterocycles. The summed E-state index contributed by atoms with van der Waals surface area (Å²) in [6.07, 6.45) is 0.343. The van der Waals surface area contributed by atoms with Crippen molar-refractivity contribution in [1.29, 1.82) is 0 Å². The molecule has 0 aliphatic rings. The van der Waals surface area contributed by atoms with Crippen LogP contribution in [0.5, 0.6) is 0 Å². The number of hydrogen-bond donors (Lipinski definition) is 2. The fraction of sp³-hybridized carbons (Fsp3) is 0.333. The van der Waals surface area contributed by atoms with E-state index in [0.717, 1.165) is 0 Å². The van der Waals surface area contributed by atoms with Crippen LogP contribution in [0.2, 0.25) is 0 Å². The fourth-order valence-electron chi connectivity index (χ4n) is 1.52. The van der Waals surface area contributed by atoms with Crippen molar-refractivity contribution in [3.05, 3.63) is 48.5 Å². The summed E-state index contributed by atoms with van der Waals surface area (Å²) in [5, 5.41) is 2.62. The van der Waals surface area contributed by atoms with Crippen LogP contribution in [0, 0.1) is 0 Å². The largest absolute Gasteiger partial charge is 0.385 e. The second-order valence-electron chi connectivity index (χ2n) is 3.98. The fourth-order valence-corrected chi connectivity index (χ4v) is 2.00. The topological polar surface area (TPSA) is 89.6 Å². The van der Waals surface area contributed by atoms with E-state index < -0.39 is 10.1 Å². The van der Waals surface area contributed by atoms with Gasteiger partial charge in [-0.15, -0.1) is 0 Å². The summed E-state index contributed by atoms with van der Waals surface area (Å²) in [6, 6.07) is 16.7. The molecule has 0 radical (unpaired) electrons. The van der Waals surface area contributed by atoms with Crippen molar-refractivity contribution in [1.82, 2.24) is 0 Å². The maximum Gasteiger partial charge on any atom is 0.264 e. The highest BCUT2D eigenvalue weighted by atomic mass is 32.2. The highest BCUT2D eigenvalue weighted by Crippen LogP contribution is 2.11. The van der Waals surface area contributed by atoms with Crippen molar-refractivity contribution in [2.75, 3.05) is 26.5 Å². The highest BCUT2D eigenvalue weighted by Gasteiger charge is 2.01. The Kier molecular flexibility index (Phi) is 10.4. The number of rotatable bonds is 4. The van der Waals surface area contributed by atoms with Crippen LogP contribution in [0.1, 0.15) is 6.42 Å². The van der Waals surface area contributed by atoms with E-state index >= 15 is 0 Å². The van der Waals surface area contributed by atoms with Gasteiger partial charge in [-0.25, -0.2) is 0 Å². The van der Waals surface area contributed by atoms with Gasteiger partial charge in [-0.3, -0.25) is 4.55 Å². The van der Waals surface area contributed by atoms with Gasteiger partial charge in [0.2, 0.25) is 0 Å². The van der Waals surface area contributed by atoms with Crippen LogP contribution in [-0.4, -0.2) is 39.5 Å². The number of nitrogens with two attached hydrogens (primary N) is 1. The zero-order chi connectivity index (χ0) is 16.1. The van der Waals surface area contributed by atoms with Crippen LogP contribution in [0.25, 0.3) is 10.8 Å². The standard InChI is InChI=1S/C10H8.C4H10O4S.CH5N/c1-2-6-10-8-4-3-7-9(10)5-1;1-8-3-2-4-9(5,6)7;1-2/h1-8H;2-4H2,1H3,(H,5,6,7);2H2,1H3. The first-order valence-electron chi connectivity index (χ1n) is 6.48. The Hall–Kier alpha value is -1.47. The number of ether oxygens (including phenoxy) is 1. The SMILES string of the molecule is CN.COCCCS(=O)(=O)O.c1ccc2ccccc2c1. The molecule has 21 heavy (non-hydrogen) atoms. The Balaban J connectivity index is 0.000000344. The lowest BCUT2D eigenvalue weighted by Gasteiger charge is -1.94. The predicted molar refractivity (Wildman–Crippen MR) is 87.0 cm³/mol. The molecule has 0 bridgehead atoms. The Morgan fingerprint density at radius 1 is 1.00 bits per heavy atom. The molecule has 2 rings (SSSR count). The number of fused-ring (bicyclic) bond motifs is 1. The lowest BCUT2D eigenvalue weighted by atomic mass is 10.1. The van der Waals surface area contributed by atoms with E-state index in [1.54, 1.807) is 0 Å². The molecule has 0 heterocycles. The molecule has 0 aliphatic heterocycles. The summed E-state index contributed by atoms with van der Waals surface area (Å²) < 4.78 is 32.7. The third kappa shape index (κ3) is 9.97. The van der Waals surface area contributed by atoms with Gasteiger partial charge in [0.1, 0.15) is 0 Å². The molecule has 118 valence electrons. The number of methoxy groups -OCH3 is 1. The first kappa shape index (κ1) is 19.5. The van der Waals surface area contributed by atoms with Crippen molar-refractivity contribution < 1.29 is 17.7 Å². The zero-order valence-corrected chi connectivity index (χ0v) is 13.2. The molecule has 2 aromatic rings. The molecular weight excluding hydrogens is 290 g/mol. The molecule has 6 heteroatoms. The Morgan fingerprint density at radius 2 is 1.38 bits per heavy atom. The average molecular weight is 313 g/mol. The summed E-state index contributed by atoms with van der Waals surface area (Å²) in [5.41, 5.74) is 4.50. The quantitative estimate of drug-likeness (QED) is 0.668.